The highest BCUT2D eigenvalue weighted by Gasteiger charge is 2.32. The second kappa shape index (κ2) is 9.51. The number of benzene rings is 2. The second-order valence-corrected chi connectivity index (χ2v) is 10.1. The lowest BCUT2D eigenvalue weighted by atomic mass is 10.0. The van der Waals surface area contributed by atoms with Gasteiger partial charge in [-0.15, -0.1) is 11.3 Å². The topological polar surface area (TPSA) is 97.8 Å². The number of anilines is 1. The highest BCUT2D eigenvalue weighted by Crippen LogP contribution is 2.23. The molecule has 1 aliphatic rings. The van der Waals surface area contributed by atoms with Gasteiger partial charge in [0, 0.05) is 16.7 Å². The zero-order valence-electron chi connectivity index (χ0n) is 17.3. The number of hydrogen-bond donors (Lipinski definition) is 0. The molecule has 1 aromatic heterocycles. The molecule has 0 saturated heterocycles. The normalized spacial score (nSPS) is 16.3. The fourth-order valence-electron chi connectivity index (χ4n) is 3.50. The van der Waals surface area contributed by atoms with E-state index in [0.717, 1.165) is 5.41 Å². The van der Waals surface area contributed by atoms with Crippen LogP contribution in [0.2, 0.25) is 0 Å². The number of sulfone groups is 1. The van der Waals surface area contributed by atoms with E-state index in [0.29, 0.717) is 10.6 Å². The van der Waals surface area contributed by atoms with E-state index in [2.05, 4.69) is 0 Å². The van der Waals surface area contributed by atoms with Gasteiger partial charge in [-0.25, -0.2) is 13.2 Å². The number of para-hydroxylation sites is 1. The highest BCUT2D eigenvalue weighted by molar-refractivity contribution is 7.94. The number of esters is 1. The van der Waals surface area contributed by atoms with Gasteiger partial charge in [0.25, 0.3) is 5.91 Å². The zero-order valence-corrected chi connectivity index (χ0v) is 18.9. The van der Waals surface area contributed by atoms with Crippen LogP contribution in [-0.4, -0.2) is 44.5 Å². The Kier molecular flexibility index (Phi) is 6.52. The molecule has 168 valence electrons. The van der Waals surface area contributed by atoms with Crippen LogP contribution in [-0.2, 0) is 19.4 Å². The van der Waals surface area contributed by atoms with E-state index in [4.69, 9.17) is 4.74 Å². The van der Waals surface area contributed by atoms with E-state index in [9.17, 15) is 22.8 Å². The maximum Gasteiger partial charge on any atom is 0.339 e. The minimum Gasteiger partial charge on any atom is -0.452 e. The minimum absolute atomic E-state index is 0.0540. The van der Waals surface area contributed by atoms with Crippen LogP contribution in [0.3, 0.4) is 0 Å². The SMILES string of the molecule is O=C(OCC(=O)N(c1ccccc1)C1C=CS(=O)(=O)C1)c1ccccc1C(=O)c1cccs1. The summed E-state index contributed by atoms with van der Waals surface area (Å²) in [6.07, 6.45) is 1.44. The molecule has 9 heteroatoms. The van der Waals surface area contributed by atoms with Crippen LogP contribution < -0.4 is 4.90 Å². The quantitative estimate of drug-likeness (QED) is 0.379. The summed E-state index contributed by atoms with van der Waals surface area (Å²) in [4.78, 5) is 40.4. The Morgan fingerprint density at radius 3 is 2.27 bits per heavy atom. The Hall–Kier alpha value is -3.56. The van der Waals surface area contributed by atoms with Gasteiger partial charge in [0.1, 0.15) is 0 Å². The summed E-state index contributed by atoms with van der Waals surface area (Å²) < 4.78 is 29.1. The number of nitrogens with zero attached hydrogens (tertiary/aromatic N) is 1. The van der Waals surface area contributed by atoms with E-state index in [1.807, 2.05) is 0 Å². The molecule has 4 rings (SSSR count). The first-order chi connectivity index (χ1) is 15.9. The minimum atomic E-state index is -3.41. The summed E-state index contributed by atoms with van der Waals surface area (Å²) in [5, 5.41) is 2.85. The van der Waals surface area contributed by atoms with Gasteiger partial charge >= 0.3 is 5.97 Å². The predicted molar refractivity (Wildman–Crippen MR) is 125 cm³/mol. The van der Waals surface area contributed by atoms with Crippen molar-refractivity contribution in [2.45, 2.75) is 6.04 Å². The van der Waals surface area contributed by atoms with Gasteiger partial charge < -0.3 is 9.64 Å². The fraction of sp³-hybridized carbons (Fsp3) is 0.125. The Morgan fingerprint density at radius 1 is 0.939 bits per heavy atom. The van der Waals surface area contributed by atoms with E-state index in [1.165, 1.54) is 34.4 Å². The molecular formula is C24H19NO6S2. The first kappa shape index (κ1) is 22.6. The molecule has 0 spiro atoms. The number of thiophene rings is 1. The summed E-state index contributed by atoms with van der Waals surface area (Å²) >= 11 is 1.26. The van der Waals surface area contributed by atoms with E-state index >= 15 is 0 Å². The largest absolute Gasteiger partial charge is 0.452 e. The number of carbonyl (C=O) groups excluding carboxylic acids is 3. The molecule has 2 heterocycles. The van der Waals surface area contributed by atoms with Gasteiger partial charge in [-0.1, -0.05) is 42.5 Å². The van der Waals surface area contributed by atoms with Crippen molar-refractivity contribution in [3.63, 3.8) is 0 Å². The summed E-state index contributed by atoms with van der Waals surface area (Å²) in [6, 6.07) is 17.5. The molecule has 1 unspecified atom stereocenters. The lowest BCUT2D eigenvalue weighted by Crippen LogP contribution is -2.43. The van der Waals surface area contributed by atoms with Crippen molar-refractivity contribution in [3.05, 3.63) is 99.6 Å². The average molecular weight is 482 g/mol. The standard InChI is InChI=1S/C24H19NO6S2/c26-22(25(17-7-2-1-3-8-17)18-12-14-33(29,30)16-18)15-31-24(28)20-10-5-4-9-19(20)23(27)21-11-6-13-32-21/h1-14,18H,15-16H2. The molecule has 7 nitrogen and oxygen atoms in total. The summed E-state index contributed by atoms with van der Waals surface area (Å²) in [5.74, 6) is -1.95. The number of ketones is 1. The predicted octanol–water partition coefficient (Wildman–Crippen LogP) is 3.48. The van der Waals surface area contributed by atoms with Crippen LogP contribution in [0.15, 0.2) is 83.6 Å². The van der Waals surface area contributed by atoms with Crippen LogP contribution >= 0.6 is 11.3 Å². The third-order valence-electron chi connectivity index (χ3n) is 5.01. The molecule has 1 atom stereocenters. The fourth-order valence-corrected chi connectivity index (χ4v) is 5.45. The van der Waals surface area contributed by atoms with Crippen molar-refractivity contribution in [2.24, 2.45) is 0 Å². The van der Waals surface area contributed by atoms with E-state index in [-0.39, 0.29) is 22.7 Å². The van der Waals surface area contributed by atoms with E-state index in [1.54, 1.807) is 60.0 Å². The number of carbonyl (C=O) groups is 3. The Morgan fingerprint density at radius 2 is 1.64 bits per heavy atom. The zero-order chi connectivity index (χ0) is 23.4. The third-order valence-corrected chi connectivity index (χ3v) is 7.26. The maximum atomic E-state index is 13.0. The third kappa shape index (κ3) is 5.10. The van der Waals surface area contributed by atoms with Crippen molar-refractivity contribution in [3.8, 4) is 0 Å². The lowest BCUT2D eigenvalue weighted by molar-refractivity contribution is -0.121. The van der Waals surface area contributed by atoms with Gasteiger partial charge in [0.05, 0.1) is 22.2 Å². The molecule has 1 amide bonds. The molecule has 3 aromatic rings. The molecule has 0 N–H and O–H groups in total. The molecule has 33 heavy (non-hydrogen) atoms. The summed E-state index contributed by atoms with van der Waals surface area (Å²) in [6.45, 7) is -0.611. The second-order valence-electron chi connectivity index (χ2n) is 7.25. The Labute approximate surface area is 194 Å². The van der Waals surface area contributed by atoms with Gasteiger partial charge in [-0.3, -0.25) is 9.59 Å². The number of hydrogen-bond acceptors (Lipinski definition) is 7. The number of rotatable bonds is 7. The molecule has 0 bridgehead atoms. The van der Waals surface area contributed by atoms with Crippen LogP contribution in [0, 0.1) is 0 Å². The van der Waals surface area contributed by atoms with Gasteiger partial charge in [-0.2, -0.15) is 0 Å². The van der Waals surface area contributed by atoms with Crippen molar-refractivity contribution >= 4 is 44.5 Å². The maximum absolute atomic E-state index is 13.0. The highest BCUT2D eigenvalue weighted by atomic mass is 32.2. The van der Waals surface area contributed by atoms with Crippen LogP contribution in [0.5, 0.6) is 0 Å². The average Bonchev–Trinajstić information content (AvgIpc) is 3.48. The summed E-state index contributed by atoms with van der Waals surface area (Å²) in [5.41, 5.74) is 0.721. The lowest BCUT2D eigenvalue weighted by Gasteiger charge is -2.27. The Balaban J connectivity index is 1.52. The first-order valence-corrected chi connectivity index (χ1v) is 12.6. The number of ether oxygens (including phenoxy) is 1. The monoisotopic (exact) mass is 481 g/mol. The van der Waals surface area contributed by atoms with E-state index < -0.39 is 34.4 Å². The molecule has 0 saturated carbocycles. The van der Waals surface area contributed by atoms with Crippen LogP contribution in [0.4, 0.5) is 5.69 Å². The molecule has 0 fully saturated rings. The summed E-state index contributed by atoms with van der Waals surface area (Å²) in [7, 11) is -3.41. The molecular weight excluding hydrogens is 462 g/mol. The van der Waals surface area contributed by atoms with Crippen molar-refractivity contribution in [2.75, 3.05) is 17.3 Å². The molecule has 0 aliphatic carbocycles. The van der Waals surface area contributed by atoms with Crippen molar-refractivity contribution in [1.82, 2.24) is 0 Å². The number of amides is 1. The van der Waals surface area contributed by atoms with Crippen molar-refractivity contribution in [1.29, 1.82) is 0 Å². The smallest absolute Gasteiger partial charge is 0.339 e. The van der Waals surface area contributed by atoms with Gasteiger partial charge in [0.2, 0.25) is 5.78 Å². The molecule has 1 aliphatic heterocycles. The van der Waals surface area contributed by atoms with Crippen LogP contribution in [0.25, 0.3) is 0 Å². The van der Waals surface area contributed by atoms with Gasteiger partial charge in [-0.05, 0) is 35.7 Å². The van der Waals surface area contributed by atoms with Crippen molar-refractivity contribution < 1.29 is 27.5 Å². The first-order valence-electron chi connectivity index (χ1n) is 9.98. The molecule has 2 aromatic carbocycles. The molecule has 0 radical (unpaired) electrons. The Bertz CT molecular complexity index is 1310. The van der Waals surface area contributed by atoms with Gasteiger partial charge in [0.15, 0.2) is 16.4 Å². The van der Waals surface area contributed by atoms with Crippen LogP contribution in [0.1, 0.15) is 25.6 Å².